The van der Waals surface area contributed by atoms with Crippen LogP contribution in [0.25, 0.3) is 11.4 Å². The molecule has 0 radical (unpaired) electrons. The van der Waals surface area contributed by atoms with E-state index < -0.39 is 0 Å². The van der Waals surface area contributed by atoms with E-state index in [-0.39, 0.29) is 18.2 Å². The molecule has 0 aliphatic carbocycles. The first kappa shape index (κ1) is 16.2. The highest BCUT2D eigenvalue weighted by Crippen LogP contribution is 2.18. The molecule has 6 nitrogen and oxygen atoms in total. The Kier molecular flexibility index (Phi) is 4.90. The normalized spacial score (nSPS) is 10.5. The second kappa shape index (κ2) is 7.27. The predicted octanol–water partition coefficient (Wildman–Crippen LogP) is 3.92. The van der Waals surface area contributed by atoms with E-state index in [4.69, 9.17) is 8.94 Å². The van der Waals surface area contributed by atoms with E-state index in [1.54, 1.807) is 18.2 Å². The zero-order valence-corrected chi connectivity index (χ0v) is 14.3. The van der Waals surface area contributed by atoms with Crippen molar-refractivity contribution in [2.45, 2.75) is 6.54 Å². The van der Waals surface area contributed by atoms with Crippen molar-refractivity contribution >= 4 is 21.8 Å². The van der Waals surface area contributed by atoms with Crippen LogP contribution in [0.3, 0.4) is 0 Å². The molecule has 0 aliphatic heterocycles. The molecule has 0 unspecified atom stereocenters. The summed E-state index contributed by atoms with van der Waals surface area (Å²) in [6.45, 7) is 4.18. The topological polar surface area (TPSA) is 72.4 Å². The van der Waals surface area contributed by atoms with Crippen molar-refractivity contribution in [1.82, 2.24) is 15.0 Å². The number of carbonyl (C=O) groups is 1. The Morgan fingerprint density at radius 2 is 2.04 bits per heavy atom. The summed E-state index contributed by atoms with van der Waals surface area (Å²) < 4.78 is 11.1. The summed E-state index contributed by atoms with van der Waals surface area (Å²) in [6, 6.07) is 12.8. The van der Waals surface area contributed by atoms with Crippen LogP contribution in [0.5, 0.6) is 0 Å². The first-order chi connectivity index (χ1) is 11.7. The van der Waals surface area contributed by atoms with Crippen LogP contribution in [-0.4, -0.2) is 27.5 Å². The van der Waals surface area contributed by atoms with Gasteiger partial charge in [0.15, 0.2) is 10.4 Å². The minimum atomic E-state index is -0.278. The Labute approximate surface area is 146 Å². The van der Waals surface area contributed by atoms with E-state index in [2.05, 4.69) is 32.6 Å². The van der Waals surface area contributed by atoms with Gasteiger partial charge in [0.25, 0.3) is 5.91 Å². The van der Waals surface area contributed by atoms with Crippen molar-refractivity contribution in [3.63, 3.8) is 0 Å². The van der Waals surface area contributed by atoms with Gasteiger partial charge in [-0.05, 0) is 28.1 Å². The number of amides is 1. The summed E-state index contributed by atoms with van der Waals surface area (Å²) in [5, 5.41) is 3.95. The Bertz CT molecular complexity index is 842. The Hall–Kier alpha value is -2.67. The monoisotopic (exact) mass is 387 g/mol. The maximum atomic E-state index is 12.5. The van der Waals surface area contributed by atoms with Gasteiger partial charge in [-0.1, -0.05) is 41.6 Å². The summed E-state index contributed by atoms with van der Waals surface area (Å²) >= 11 is 3.19. The summed E-state index contributed by atoms with van der Waals surface area (Å²) in [5.74, 6) is 0.776. The van der Waals surface area contributed by atoms with Crippen LogP contribution in [0.4, 0.5) is 0 Å². The average molecular weight is 388 g/mol. The van der Waals surface area contributed by atoms with Crippen molar-refractivity contribution < 1.29 is 13.7 Å². The minimum absolute atomic E-state index is 0.170. The van der Waals surface area contributed by atoms with Gasteiger partial charge < -0.3 is 13.8 Å². The quantitative estimate of drug-likeness (QED) is 0.599. The molecule has 0 fully saturated rings. The SMILES string of the molecule is C=CCN(Cc1nc(-c2ccccc2)no1)C(=O)c1ccc(Br)o1. The van der Waals surface area contributed by atoms with E-state index in [1.807, 2.05) is 30.3 Å². The molecule has 0 aliphatic rings. The second-order valence-corrected chi connectivity index (χ2v) is 5.74. The zero-order chi connectivity index (χ0) is 16.9. The van der Waals surface area contributed by atoms with Crippen molar-refractivity contribution in [3.8, 4) is 11.4 Å². The molecule has 24 heavy (non-hydrogen) atoms. The van der Waals surface area contributed by atoms with Crippen molar-refractivity contribution in [2.24, 2.45) is 0 Å². The summed E-state index contributed by atoms with van der Waals surface area (Å²) in [6.07, 6.45) is 1.63. The van der Waals surface area contributed by atoms with Crippen LogP contribution < -0.4 is 0 Å². The summed E-state index contributed by atoms with van der Waals surface area (Å²) in [5.41, 5.74) is 0.851. The standard InChI is InChI=1S/C17H14BrN3O3/c1-2-10-21(17(22)13-8-9-14(18)23-13)11-15-19-16(20-24-15)12-6-4-3-5-7-12/h2-9H,1,10-11H2. The van der Waals surface area contributed by atoms with Crippen LogP contribution in [0, 0.1) is 0 Å². The highest BCUT2D eigenvalue weighted by Gasteiger charge is 2.21. The molecule has 0 N–H and O–H groups in total. The van der Waals surface area contributed by atoms with Crippen molar-refractivity contribution in [2.75, 3.05) is 6.54 Å². The van der Waals surface area contributed by atoms with Crippen LogP contribution >= 0.6 is 15.9 Å². The van der Waals surface area contributed by atoms with Crippen molar-refractivity contribution in [1.29, 1.82) is 0 Å². The molecule has 3 rings (SSSR count). The molecular weight excluding hydrogens is 374 g/mol. The van der Waals surface area contributed by atoms with Crippen LogP contribution in [0.15, 0.2) is 68.7 Å². The summed E-state index contributed by atoms with van der Waals surface area (Å²) in [7, 11) is 0. The second-order valence-electron chi connectivity index (χ2n) is 4.96. The maximum Gasteiger partial charge on any atom is 0.290 e. The third-order valence-electron chi connectivity index (χ3n) is 3.25. The zero-order valence-electron chi connectivity index (χ0n) is 12.7. The van der Waals surface area contributed by atoms with Crippen molar-refractivity contribution in [3.05, 3.63) is 71.4 Å². The molecule has 122 valence electrons. The number of halogens is 1. The number of hydrogen-bond acceptors (Lipinski definition) is 5. The van der Waals surface area contributed by atoms with Crippen LogP contribution in [0.2, 0.25) is 0 Å². The third-order valence-corrected chi connectivity index (χ3v) is 3.67. The van der Waals surface area contributed by atoms with Gasteiger partial charge in [-0.2, -0.15) is 4.98 Å². The van der Waals surface area contributed by atoms with E-state index >= 15 is 0 Å². The Morgan fingerprint density at radius 3 is 2.71 bits per heavy atom. The van der Waals surface area contributed by atoms with Crippen LogP contribution in [-0.2, 0) is 6.54 Å². The van der Waals surface area contributed by atoms with Gasteiger partial charge in [-0.3, -0.25) is 4.79 Å². The highest BCUT2D eigenvalue weighted by molar-refractivity contribution is 9.10. The summed E-state index contributed by atoms with van der Waals surface area (Å²) in [4.78, 5) is 18.4. The molecule has 1 amide bonds. The minimum Gasteiger partial charge on any atom is -0.444 e. The molecule has 0 spiro atoms. The lowest BCUT2D eigenvalue weighted by atomic mass is 10.2. The molecule has 0 bridgehead atoms. The van der Waals surface area contributed by atoms with E-state index in [0.29, 0.717) is 22.9 Å². The highest BCUT2D eigenvalue weighted by atomic mass is 79.9. The molecule has 0 atom stereocenters. The lowest BCUT2D eigenvalue weighted by Crippen LogP contribution is -2.30. The van der Waals surface area contributed by atoms with E-state index in [9.17, 15) is 4.79 Å². The lowest BCUT2D eigenvalue weighted by molar-refractivity contribution is 0.0712. The van der Waals surface area contributed by atoms with Gasteiger partial charge in [0.2, 0.25) is 11.7 Å². The number of rotatable bonds is 6. The fraction of sp³-hybridized carbons (Fsp3) is 0.118. The number of hydrogen-bond donors (Lipinski definition) is 0. The number of aromatic nitrogens is 2. The molecular formula is C17H14BrN3O3. The average Bonchev–Trinajstić information content (AvgIpc) is 3.24. The Balaban J connectivity index is 1.78. The Morgan fingerprint density at radius 1 is 1.25 bits per heavy atom. The smallest absolute Gasteiger partial charge is 0.290 e. The lowest BCUT2D eigenvalue weighted by Gasteiger charge is -2.17. The number of carbonyl (C=O) groups excluding carboxylic acids is 1. The maximum absolute atomic E-state index is 12.5. The van der Waals surface area contributed by atoms with Gasteiger partial charge in [-0.25, -0.2) is 0 Å². The number of benzene rings is 1. The first-order valence-corrected chi connectivity index (χ1v) is 8.00. The van der Waals surface area contributed by atoms with E-state index in [1.165, 1.54) is 4.90 Å². The van der Waals surface area contributed by atoms with Gasteiger partial charge in [0.05, 0.1) is 0 Å². The predicted molar refractivity (Wildman–Crippen MR) is 91.1 cm³/mol. The number of nitrogens with zero attached hydrogens (tertiary/aromatic N) is 3. The fourth-order valence-electron chi connectivity index (χ4n) is 2.15. The molecule has 0 saturated carbocycles. The van der Waals surface area contributed by atoms with Gasteiger partial charge in [0, 0.05) is 12.1 Å². The molecule has 7 heteroatoms. The molecule has 1 aromatic carbocycles. The third kappa shape index (κ3) is 3.62. The first-order valence-electron chi connectivity index (χ1n) is 7.21. The molecule has 0 saturated heterocycles. The number of furan rings is 1. The largest absolute Gasteiger partial charge is 0.444 e. The van der Waals surface area contributed by atoms with Crippen LogP contribution in [0.1, 0.15) is 16.4 Å². The van der Waals surface area contributed by atoms with Gasteiger partial charge in [-0.15, -0.1) is 6.58 Å². The van der Waals surface area contributed by atoms with E-state index in [0.717, 1.165) is 5.56 Å². The molecule has 2 aromatic heterocycles. The van der Waals surface area contributed by atoms with Gasteiger partial charge >= 0.3 is 0 Å². The molecule has 2 heterocycles. The van der Waals surface area contributed by atoms with Gasteiger partial charge in [0.1, 0.15) is 6.54 Å². The molecule has 3 aromatic rings. The fourth-order valence-corrected chi connectivity index (χ4v) is 2.45.